The number of unbranched alkanes of at least 4 members (excludes halogenated alkanes) is 3. The summed E-state index contributed by atoms with van der Waals surface area (Å²) in [5, 5.41) is 3.49. The van der Waals surface area contributed by atoms with Crippen molar-refractivity contribution < 1.29 is 4.43 Å². The van der Waals surface area contributed by atoms with E-state index < -0.39 is 8.32 Å². The van der Waals surface area contributed by atoms with Gasteiger partial charge >= 0.3 is 0 Å². The van der Waals surface area contributed by atoms with E-state index in [1.165, 1.54) is 38.1 Å². The first-order chi connectivity index (χ1) is 7.62. The Hall–Kier alpha value is 0.0969. The minimum Gasteiger partial charge on any atom is -0.420 e. The Morgan fingerprint density at radius 1 is 1.00 bits per heavy atom. The molecular formula is C12H30N2OSi. The van der Waals surface area contributed by atoms with E-state index in [1.807, 2.05) is 7.11 Å². The molecule has 0 saturated carbocycles. The average Bonchev–Trinajstić information content (AvgIpc) is 2.27. The summed E-state index contributed by atoms with van der Waals surface area (Å²) in [6.07, 6.45) is 6.29. The smallest absolute Gasteiger partial charge is 0.186 e. The van der Waals surface area contributed by atoms with Gasteiger partial charge in [-0.15, -0.1) is 0 Å². The lowest BCUT2D eigenvalue weighted by molar-refractivity contribution is 0.401. The highest BCUT2D eigenvalue weighted by Gasteiger charge is 2.18. The van der Waals surface area contributed by atoms with Gasteiger partial charge in [0.05, 0.1) is 0 Å². The zero-order valence-corrected chi connectivity index (χ0v) is 12.3. The molecule has 0 heterocycles. The van der Waals surface area contributed by atoms with Crippen LogP contribution < -0.4 is 11.1 Å². The second-order valence-electron chi connectivity index (χ2n) is 5.02. The molecule has 0 aliphatic heterocycles. The highest BCUT2D eigenvalue weighted by atomic mass is 28.4. The second-order valence-corrected chi connectivity index (χ2v) is 9.45. The van der Waals surface area contributed by atoms with Gasteiger partial charge in [0.15, 0.2) is 8.32 Å². The fourth-order valence-electron chi connectivity index (χ4n) is 1.61. The maximum absolute atomic E-state index is 5.51. The van der Waals surface area contributed by atoms with E-state index in [0.29, 0.717) is 0 Å². The molecule has 0 saturated heterocycles. The molecule has 0 fully saturated rings. The molecule has 0 aliphatic rings. The number of hydrogen-bond donors (Lipinski definition) is 2. The quantitative estimate of drug-likeness (QED) is 0.434. The van der Waals surface area contributed by atoms with Gasteiger partial charge in [-0.3, -0.25) is 0 Å². The number of rotatable bonds is 11. The van der Waals surface area contributed by atoms with E-state index in [2.05, 4.69) is 18.4 Å². The highest BCUT2D eigenvalue weighted by Crippen LogP contribution is 2.11. The molecule has 0 bridgehead atoms. The average molecular weight is 246 g/mol. The van der Waals surface area contributed by atoms with Crippen LogP contribution in [0.2, 0.25) is 19.1 Å². The van der Waals surface area contributed by atoms with Gasteiger partial charge < -0.3 is 15.5 Å². The van der Waals surface area contributed by atoms with Crippen molar-refractivity contribution in [3.05, 3.63) is 0 Å². The first-order valence-electron chi connectivity index (χ1n) is 6.58. The van der Waals surface area contributed by atoms with Crippen LogP contribution in [0.3, 0.4) is 0 Å². The van der Waals surface area contributed by atoms with Crippen LogP contribution >= 0.6 is 0 Å². The lowest BCUT2D eigenvalue weighted by Crippen LogP contribution is -2.29. The monoisotopic (exact) mass is 246 g/mol. The molecule has 0 spiro atoms. The number of hydrogen-bond acceptors (Lipinski definition) is 3. The zero-order valence-electron chi connectivity index (χ0n) is 11.3. The third-order valence-electron chi connectivity index (χ3n) is 2.99. The summed E-state index contributed by atoms with van der Waals surface area (Å²) >= 11 is 0. The third kappa shape index (κ3) is 10.6. The van der Waals surface area contributed by atoms with Gasteiger partial charge in [-0.1, -0.05) is 12.8 Å². The molecule has 0 aromatic heterocycles. The minimum absolute atomic E-state index is 0.837. The lowest BCUT2D eigenvalue weighted by atomic mass is 10.2. The third-order valence-corrected chi connectivity index (χ3v) is 5.66. The SMILES string of the molecule is CO[Si](C)(C)CCCNCCCCCCN. The van der Waals surface area contributed by atoms with E-state index in [9.17, 15) is 0 Å². The Balaban J connectivity index is 3.10. The van der Waals surface area contributed by atoms with Crippen LogP contribution in [0, 0.1) is 0 Å². The van der Waals surface area contributed by atoms with Crippen molar-refractivity contribution in [1.82, 2.24) is 5.32 Å². The minimum atomic E-state index is -1.32. The van der Waals surface area contributed by atoms with E-state index in [4.69, 9.17) is 10.2 Å². The van der Waals surface area contributed by atoms with E-state index in [1.54, 1.807) is 0 Å². The van der Waals surface area contributed by atoms with Gasteiger partial charge in [0, 0.05) is 7.11 Å². The molecule has 0 aliphatic carbocycles. The Morgan fingerprint density at radius 2 is 1.62 bits per heavy atom. The van der Waals surface area contributed by atoms with E-state index in [-0.39, 0.29) is 0 Å². The lowest BCUT2D eigenvalue weighted by Gasteiger charge is -2.19. The Morgan fingerprint density at radius 3 is 2.25 bits per heavy atom. The molecule has 3 nitrogen and oxygen atoms in total. The molecule has 0 radical (unpaired) electrons. The van der Waals surface area contributed by atoms with Crippen LogP contribution in [-0.4, -0.2) is 35.1 Å². The molecule has 98 valence electrons. The largest absolute Gasteiger partial charge is 0.420 e. The number of nitrogens with two attached hydrogens (primary N) is 1. The standard InChI is InChI=1S/C12H30N2OSi/c1-15-16(2,3)12-8-11-14-10-7-5-4-6-9-13/h14H,4-13H2,1-3H3. The fraction of sp³-hybridized carbons (Fsp3) is 1.00. The molecule has 4 heteroatoms. The van der Waals surface area contributed by atoms with Crippen LogP contribution in [0.15, 0.2) is 0 Å². The van der Waals surface area contributed by atoms with Crippen LogP contribution in [0.4, 0.5) is 0 Å². The maximum Gasteiger partial charge on any atom is 0.186 e. The van der Waals surface area contributed by atoms with Crippen molar-refractivity contribution in [3.63, 3.8) is 0 Å². The molecular weight excluding hydrogens is 216 g/mol. The summed E-state index contributed by atoms with van der Waals surface area (Å²) in [5.41, 5.74) is 5.44. The molecule has 16 heavy (non-hydrogen) atoms. The molecule has 0 aromatic carbocycles. The summed E-state index contributed by atoms with van der Waals surface area (Å²) in [4.78, 5) is 0. The van der Waals surface area contributed by atoms with E-state index in [0.717, 1.165) is 19.6 Å². The van der Waals surface area contributed by atoms with Crippen LogP contribution in [-0.2, 0) is 4.43 Å². The fourth-order valence-corrected chi connectivity index (χ4v) is 2.85. The Labute approximate surface area is 102 Å². The number of nitrogens with one attached hydrogen (secondary N) is 1. The Bertz CT molecular complexity index is 154. The summed E-state index contributed by atoms with van der Waals surface area (Å²) in [5.74, 6) is 0. The molecule has 0 atom stereocenters. The maximum atomic E-state index is 5.51. The first kappa shape index (κ1) is 16.1. The molecule has 0 amide bonds. The topological polar surface area (TPSA) is 47.3 Å². The van der Waals surface area contributed by atoms with Crippen molar-refractivity contribution in [3.8, 4) is 0 Å². The van der Waals surface area contributed by atoms with Crippen molar-refractivity contribution in [2.24, 2.45) is 5.73 Å². The van der Waals surface area contributed by atoms with Gasteiger partial charge in [0.25, 0.3) is 0 Å². The Kier molecular flexibility index (Phi) is 10.3. The van der Waals surface area contributed by atoms with Crippen LogP contribution in [0.25, 0.3) is 0 Å². The first-order valence-corrected chi connectivity index (χ1v) is 9.70. The van der Waals surface area contributed by atoms with Gasteiger partial charge in [-0.25, -0.2) is 0 Å². The highest BCUT2D eigenvalue weighted by molar-refractivity contribution is 6.71. The van der Waals surface area contributed by atoms with Crippen molar-refractivity contribution in [1.29, 1.82) is 0 Å². The summed E-state index contributed by atoms with van der Waals surface area (Å²) in [6.45, 7) is 7.68. The van der Waals surface area contributed by atoms with Gasteiger partial charge in [-0.2, -0.15) is 0 Å². The summed E-state index contributed by atoms with van der Waals surface area (Å²) in [6, 6.07) is 1.25. The molecule has 3 N–H and O–H groups in total. The van der Waals surface area contributed by atoms with Gasteiger partial charge in [0.1, 0.15) is 0 Å². The summed E-state index contributed by atoms with van der Waals surface area (Å²) < 4.78 is 5.51. The van der Waals surface area contributed by atoms with Crippen molar-refractivity contribution >= 4 is 8.32 Å². The van der Waals surface area contributed by atoms with Crippen molar-refractivity contribution in [2.75, 3.05) is 26.7 Å². The second kappa shape index (κ2) is 10.3. The van der Waals surface area contributed by atoms with Crippen LogP contribution in [0.5, 0.6) is 0 Å². The summed E-state index contributed by atoms with van der Waals surface area (Å²) in [7, 11) is 0.527. The molecule has 0 unspecified atom stereocenters. The van der Waals surface area contributed by atoms with Gasteiger partial charge in [-0.05, 0) is 58.0 Å². The van der Waals surface area contributed by atoms with Crippen LogP contribution in [0.1, 0.15) is 32.1 Å². The van der Waals surface area contributed by atoms with E-state index >= 15 is 0 Å². The van der Waals surface area contributed by atoms with Crippen molar-refractivity contribution in [2.45, 2.75) is 51.2 Å². The van der Waals surface area contributed by atoms with Gasteiger partial charge in [0.2, 0.25) is 0 Å². The molecule has 0 aromatic rings. The predicted octanol–water partition coefficient (Wildman–Crippen LogP) is 2.34. The predicted molar refractivity (Wildman–Crippen MR) is 74.3 cm³/mol. The zero-order chi connectivity index (χ0) is 12.3. The normalized spacial score (nSPS) is 12.0. The molecule has 0 rings (SSSR count).